The van der Waals surface area contributed by atoms with Crippen molar-refractivity contribution in [1.82, 2.24) is 24.5 Å². The van der Waals surface area contributed by atoms with Gasteiger partial charge in [-0.2, -0.15) is 0 Å². The second kappa shape index (κ2) is 6.91. The van der Waals surface area contributed by atoms with Crippen LogP contribution in [0.1, 0.15) is 18.5 Å². The first-order valence-electron chi connectivity index (χ1n) is 8.90. The zero-order valence-corrected chi connectivity index (χ0v) is 14.0. The van der Waals surface area contributed by atoms with Gasteiger partial charge < -0.3 is 9.72 Å². The molecule has 0 spiro atoms. The van der Waals surface area contributed by atoms with E-state index in [1.807, 2.05) is 24.4 Å². The van der Waals surface area contributed by atoms with Crippen molar-refractivity contribution in [2.75, 3.05) is 39.3 Å². The van der Waals surface area contributed by atoms with Crippen molar-refractivity contribution >= 4 is 11.6 Å². The Bertz CT molecular complexity index is 667. The zero-order valence-electron chi connectivity index (χ0n) is 14.0. The standard InChI is InChI=1S/C18H25N5O/c24-18(19-11-15-4-5-15)14-22-9-7-21(8-10-22)12-16-13-23-6-2-1-3-17(23)20-16/h1-3,6,13,15H,4-5,7-12,14H2,(H,19,24). The minimum atomic E-state index is 0.177. The zero-order chi connectivity index (χ0) is 16.4. The number of aromatic nitrogens is 2. The first-order chi connectivity index (χ1) is 11.8. The molecule has 0 atom stereocenters. The molecule has 1 aliphatic carbocycles. The van der Waals surface area contributed by atoms with Gasteiger partial charge in [0.25, 0.3) is 0 Å². The lowest BCUT2D eigenvalue weighted by Gasteiger charge is -2.33. The van der Waals surface area contributed by atoms with Crippen LogP contribution < -0.4 is 5.32 Å². The maximum Gasteiger partial charge on any atom is 0.234 e. The molecule has 4 rings (SSSR count). The molecule has 1 N–H and O–H groups in total. The predicted molar refractivity (Wildman–Crippen MR) is 92.6 cm³/mol. The lowest BCUT2D eigenvalue weighted by Crippen LogP contribution is -2.49. The Morgan fingerprint density at radius 2 is 1.96 bits per heavy atom. The molecule has 3 heterocycles. The highest BCUT2D eigenvalue weighted by molar-refractivity contribution is 5.78. The maximum absolute atomic E-state index is 11.9. The van der Waals surface area contributed by atoms with Gasteiger partial charge in [0, 0.05) is 51.7 Å². The van der Waals surface area contributed by atoms with E-state index in [0.717, 1.165) is 56.5 Å². The van der Waals surface area contributed by atoms with E-state index in [1.54, 1.807) is 0 Å². The first-order valence-corrected chi connectivity index (χ1v) is 8.90. The van der Waals surface area contributed by atoms with Crippen molar-refractivity contribution < 1.29 is 4.79 Å². The second-order valence-electron chi connectivity index (χ2n) is 7.00. The minimum absolute atomic E-state index is 0.177. The monoisotopic (exact) mass is 327 g/mol. The van der Waals surface area contributed by atoms with Crippen LogP contribution in [0.4, 0.5) is 0 Å². The van der Waals surface area contributed by atoms with E-state index in [4.69, 9.17) is 0 Å². The lowest BCUT2D eigenvalue weighted by atomic mass is 10.3. The molecule has 0 radical (unpaired) electrons. The number of amides is 1. The Morgan fingerprint density at radius 1 is 1.17 bits per heavy atom. The Kier molecular flexibility index (Phi) is 4.49. The van der Waals surface area contributed by atoms with Crippen LogP contribution in [0.5, 0.6) is 0 Å². The van der Waals surface area contributed by atoms with E-state index in [-0.39, 0.29) is 5.91 Å². The summed E-state index contributed by atoms with van der Waals surface area (Å²) < 4.78 is 2.07. The summed E-state index contributed by atoms with van der Waals surface area (Å²) in [5, 5.41) is 3.05. The molecular formula is C18H25N5O. The number of nitrogens with zero attached hydrogens (tertiary/aromatic N) is 4. The fraction of sp³-hybridized carbons (Fsp3) is 0.556. The first kappa shape index (κ1) is 15.6. The molecule has 0 unspecified atom stereocenters. The number of nitrogens with one attached hydrogen (secondary N) is 1. The molecule has 2 aromatic rings. The van der Waals surface area contributed by atoms with E-state index in [0.29, 0.717) is 6.54 Å². The topological polar surface area (TPSA) is 52.9 Å². The molecule has 1 saturated heterocycles. The number of carbonyl (C=O) groups is 1. The molecule has 0 bridgehead atoms. The number of hydrogen-bond donors (Lipinski definition) is 1. The fourth-order valence-electron chi connectivity index (χ4n) is 3.24. The summed E-state index contributed by atoms with van der Waals surface area (Å²) in [5.74, 6) is 0.923. The van der Waals surface area contributed by atoms with Crippen molar-refractivity contribution in [2.24, 2.45) is 5.92 Å². The van der Waals surface area contributed by atoms with E-state index >= 15 is 0 Å². The third-order valence-electron chi connectivity index (χ3n) is 4.92. The van der Waals surface area contributed by atoms with Gasteiger partial charge in [-0.3, -0.25) is 14.6 Å². The molecule has 128 valence electrons. The van der Waals surface area contributed by atoms with Crippen LogP contribution in [-0.4, -0.2) is 64.4 Å². The molecule has 6 heteroatoms. The highest BCUT2D eigenvalue weighted by atomic mass is 16.2. The van der Waals surface area contributed by atoms with Crippen molar-refractivity contribution in [3.63, 3.8) is 0 Å². The van der Waals surface area contributed by atoms with Crippen LogP contribution >= 0.6 is 0 Å². The van der Waals surface area contributed by atoms with Crippen molar-refractivity contribution in [3.05, 3.63) is 36.3 Å². The van der Waals surface area contributed by atoms with Crippen LogP contribution in [0, 0.1) is 5.92 Å². The van der Waals surface area contributed by atoms with E-state index in [2.05, 4.69) is 30.7 Å². The molecule has 1 amide bonds. The Labute approximate surface area is 142 Å². The van der Waals surface area contributed by atoms with Gasteiger partial charge in [0.2, 0.25) is 5.91 Å². The second-order valence-corrected chi connectivity index (χ2v) is 7.00. The highest BCUT2D eigenvalue weighted by Crippen LogP contribution is 2.27. The van der Waals surface area contributed by atoms with Crippen molar-refractivity contribution in [1.29, 1.82) is 0 Å². The fourth-order valence-corrected chi connectivity index (χ4v) is 3.24. The SMILES string of the molecule is O=C(CN1CCN(Cc2cn3ccccc3n2)CC1)NCC1CC1. The quantitative estimate of drug-likeness (QED) is 0.859. The summed E-state index contributed by atoms with van der Waals surface area (Å²) in [6.45, 7) is 6.16. The van der Waals surface area contributed by atoms with Gasteiger partial charge in [0.05, 0.1) is 12.2 Å². The molecule has 24 heavy (non-hydrogen) atoms. The third-order valence-corrected chi connectivity index (χ3v) is 4.92. The molecule has 1 aliphatic heterocycles. The minimum Gasteiger partial charge on any atom is -0.355 e. The molecule has 2 aromatic heterocycles. The van der Waals surface area contributed by atoms with E-state index in [1.165, 1.54) is 12.8 Å². The van der Waals surface area contributed by atoms with Gasteiger partial charge in [-0.25, -0.2) is 4.98 Å². The normalized spacial score (nSPS) is 19.7. The summed E-state index contributed by atoms with van der Waals surface area (Å²) in [5.41, 5.74) is 2.11. The predicted octanol–water partition coefficient (Wildman–Crippen LogP) is 0.978. The Balaban J connectivity index is 1.22. The van der Waals surface area contributed by atoms with E-state index in [9.17, 15) is 4.79 Å². The van der Waals surface area contributed by atoms with Gasteiger partial charge in [-0.05, 0) is 30.9 Å². The van der Waals surface area contributed by atoms with Crippen LogP contribution in [0.25, 0.3) is 5.65 Å². The number of pyridine rings is 1. The Hall–Kier alpha value is -1.92. The maximum atomic E-state index is 11.9. The number of carbonyl (C=O) groups excluding carboxylic acids is 1. The third kappa shape index (κ3) is 3.94. The summed E-state index contributed by atoms with van der Waals surface area (Å²) in [6, 6.07) is 6.06. The molecular weight excluding hydrogens is 302 g/mol. The molecule has 1 saturated carbocycles. The summed E-state index contributed by atoms with van der Waals surface area (Å²) >= 11 is 0. The molecule has 0 aromatic carbocycles. The largest absolute Gasteiger partial charge is 0.355 e. The van der Waals surface area contributed by atoms with E-state index < -0.39 is 0 Å². The summed E-state index contributed by atoms with van der Waals surface area (Å²) in [7, 11) is 0. The number of piperazine rings is 1. The van der Waals surface area contributed by atoms with Crippen LogP contribution in [0.3, 0.4) is 0 Å². The van der Waals surface area contributed by atoms with Gasteiger partial charge >= 0.3 is 0 Å². The summed E-state index contributed by atoms with van der Waals surface area (Å²) in [4.78, 5) is 21.3. The molecule has 6 nitrogen and oxygen atoms in total. The van der Waals surface area contributed by atoms with Crippen LogP contribution in [0.2, 0.25) is 0 Å². The highest BCUT2D eigenvalue weighted by Gasteiger charge is 2.23. The van der Waals surface area contributed by atoms with Crippen molar-refractivity contribution in [3.8, 4) is 0 Å². The smallest absolute Gasteiger partial charge is 0.234 e. The molecule has 2 fully saturated rings. The lowest BCUT2D eigenvalue weighted by molar-refractivity contribution is -0.122. The molecule has 2 aliphatic rings. The van der Waals surface area contributed by atoms with Gasteiger partial charge in [0.1, 0.15) is 5.65 Å². The Morgan fingerprint density at radius 3 is 2.71 bits per heavy atom. The number of fused-ring (bicyclic) bond motifs is 1. The van der Waals surface area contributed by atoms with Crippen LogP contribution in [-0.2, 0) is 11.3 Å². The van der Waals surface area contributed by atoms with Crippen molar-refractivity contribution in [2.45, 2.75) is 19.4 Å². The van der Waals surface area contributed by atoms with Crippen LogP contribution in [0.15, 0.2) is 30.6 Å². The average Bonchev–Trinajstić information content (AvgIpc) is 3.33. The number of imidazole rings is 1. The van der Waals surface area contributed by atoms with Gasteiger partial charge in [-0.15, -0.1) is 0 Å². The average molecular weight is 327 g/mol. The summed E-state index contributed by atoms with van der Waals surface area (Å²) in [6.07, 6.45) is 6.70. The number of rotatable bonds is 6. The number of hydrogen-bond acceptors (Lipinski definition) is 4. The van der Waals surface area contributed by atoms with Gasteiger partial charge in [0.15, 0.2) is 0 Å². The van der Waals surface area contributed by atoms with Gasteiger partial charge in [-0.1, -0.05) is 6.07 Å².